The second-order valence-electron chi connectivity index (χ2n) is 6.11. The van der Waals surface area contributed by atoms with E-state index in [0.29, 0.717) is 5.92 Å². The number of carbonyl (C=O) groups excluding carboxylic acids is 1. The minimum Gasteiger partial charge on any atom is -0.299 e. The molecule has 0 spiro atoms. The quantitative estimate of drug-likeness (QED) is 0.348. The van der Waals surface area contributed by atoms with Crippen molar-refractivity contribution in [1.29, 1.82) is 0 Å². The first-order valence-corrected chi connectivity index (χ1v) is 9.41. The highest BCUT2D eigenvalue weighted by atomic mass is 35.5. The fourth-order valence-corrected chi connectivity index (χ4v) is 4.33. The molecule has 0 fully saturated rings. The number of hydrogen-bond donors (Lipinski definition) is 0. The number of allylic oxidation sites excluding steroid dienone is 1. The fraction of sp³-hybridized carbons (Fsp3) is 0.136. The third-order valence-electron chi connectivity index (χ3n) is 4.01. The van der Waals surface area contributed by atoms with Crippen LogP contribution in [-0.2, 0) is 4.79 Å². The molecule has 25 heavy (non-hydrogen) atoms. The van der Waals surface area contributed by atoms with Crippen LogP contribution < -0.4 is 0 Å². The lowest BCUT2D eigenvalue weighted by Crippen LogP contribution is -1.88. The molecule has 0 aliphatic carbocycles. The molecule has 1 aromatic heterocycles. The van der Waals surface area contributed by atoms with Crippen molar-refractivity contribution in [2.45, 2.75) is 19.8 Å². The van der Waals surface area contributed by atoms with Crippen LogP contribution in [0.5, 0.6) is 0 Å². The van der Waals surface area contributed by atoms with Gasteiger partial charge in [-0.25, -0.2) is 0 Å². The third-order valence-corrected chi connectivity index (χ3v) is 5.82. The smallest absolute Gasteiger partial charge is 0.142 e. The van der Waals surface area contributed by atoms with E-state index < -0.39 is 0 Å². The number of halogens is 1. The molecule has 3 rings (SSSR count). The molecule has 1 nitrogen and oxygen atoms in total. The first-order chi connectivity index (χ1) is 12.1. The molecule has 0 saturated carbocycles. The summed E-state index contributed by atoms with van der Waals surface area (Å²) < 4.78 is 0. The van der Waals surface area contributed by atoms with Crippen molar-refractivity contribution in [2.75, 3.05) is 0 Å². The summed E-state index contributed by atoms with van der Waals surface area (Å²) in [5.74, 6) is 0.375. The molecule has 0 aliphatic rings. The van der Waals surface area contributed by atoms with Gasteiger partial charge in [0.1, 0.15) is 6.29 Å². The maximum atomic E-state index is 10.9. The molecular formula is C22H19ClOS. The SMILES string of the molecule is CC(C)c1sc(-c2ccc(Cl)cc2)c(-c2ccccc2)c1/C=C/C=O. The third kappa shape index (κ3) is 3.76. The summed E-state index contributed by atoms with van der Waals surface area (Å²) in [6.07, 6.45) is 4.34. The molecule has 0 atom stereocenters. The molecule has 1 heterocycles. The van der Waals surface area contributed by atoms with Crippen LogP contribution in [0.4, 0.5) is 0 Å². The summed E-state index contributed by atoms with van der Waals surface area (Å²) in [6.45, 7) is 4.37. The number of hydrogen-bond acceptors (Lipinski definition) is 2. The number of rotatable bonds is 5. The molecular weight excluding hydrogens is 348 g/mol. The molecule has 3 aromatic rings. The van der Waals surface area contributed by atoms with Crippen molar-refractivity contribution < 1.29 is 4.79 Å². The summed E-state index contributed by atoms with van der Waals surface area (Å²) in [4.78, 5) is 13.4. The maximum Gasteiger partial charge on any atom is 0.142 e. The lowest BCUT2D eigenvalue weighted by molar-refractivity contribution is -0.104. The highest BCUT2D eigenvalue weighted by Gasteiger charge is 2.20. The molecule has 0 radical (unpaired) electrons. The Hall–Kier alpha value is -2.16. The zero-order chi connectivity index (χ0) is 17.8. The van der Waals surface area contributed by atoms with Crippen LogP contribution in [-0.4, -0.2) is 6.29 Å². The average Bonchev–Trinajstić information content (AvgIpc) is 3.01. The Morgan fingerprint density at radius 2 is 1.64 bits per heavy atom. The van der Waals surface area contributed by atoms with E-state index in [-0.39, 0.29) is 0 Å². The van der Waals surface area contributed by atoms with Gasteiger partial charge in [0.05, 0.1) is 0 Å². The monoisotopic (exact) mass is 366 g/mol. The van der Waals surface area contributed by atoms with Crippen molar-refractivity contribution in [1.82, 2.24) is 0 Å². The topological polar surface area (TPSA) is 17.1 Å². The average molecular weight is 367 g/mol. The fourth-order valence-electron chi connectivity index (χ4n) is 2.89. The lowest BCUT2D eigenvalue weighted by Gasteiger charge is -2.08. The van der Waals surface area contributed by atoms with Crippen LogP contribution in [0.15, 0.2) is 60.7 Å². The molecule has 0 amide bonds. The first kappa shape index (κ1) is 17.7. The van der Waals surface area contributed by atoms with Crippen LogP contribution in [0.1, 0.15) is 30.2 Å². The van der Waals surface area contributed by atoms with Gasteiger partial charge in [0, 0.05) is 20.3 Å². The first-order valence-electron chi connectivity index (χ1n) is 8.21. The highest BCUT2D eigenvalue weighted by molar-refractivity contribution is 7.16. The van der Waals surface area contributed by atoms with Crippen LogP contribution >= 0.6 is 22.9 Å². The largest absolute Gasteiger partial charge is 0.299 e. The van der Waals surface area contributed by atoms with E-state index in [9.17, 15) is 4.79 Å². The summed E-state index contributed by atoms with van der Waals surface area (Å²) in [6, 6.07) is 18.3. The van der Waals surface area contributed by atoms with Gasteiger partial charge in [-0.05, 0) is 46.9 Å². The molecule has 0 bridgehead atoms. The van der Waals surface area contributed by atoms with E-state index in [1.807, 2.05) is 36.4 Å². The van der Waals surface area contributed by atoms with Gasteiger partial charge in [0.25, 0.3) is 0 Å². The predicted molar refractivity (Wildman–Crippen MR) is 109 cm³/mol. The molecule has 0 N–H and O–H groups in total. The second-order valence-corrected chi connectivity index (χ2v) is 7.60. The molecule has 3 heteroatoms. The Balaban J connectivity index is 2.31. The van der Waals surface area contributed by atoms with E-state index in [2.05, 4.69) is 38.1 Å². The lowest BCUT2D eigenvalue weighted by atomic mass is 9.95. The Morgan fingerprint density at radius 3 is 2.24 bits per heavy atom. The van der Waals surface area contributed by atoms with E-state index in [0.717, 1.165) is 28.0 Å². The van der Waals surface area contributed by atoms with Crippen LogP contribution in [0.25, 0.3) is 27.6 Å². The van der Waals surface area contributed by atoms with Gasteiger partial charge in [-0.2, -0.15) is 0 Å². The van der Waals surface area contributed by atoms with Crippen molar-refractivity contribution >= 4 is 35.3 Å². The van der Waals surface area contributed by atoms with Gasteiger partial charge in [0.2, 0.25) is 0 Å². The van der Waals surface area contributed by atoms with E-state index in [1.165, 1.54) is 15.3 Å². The van der Waals surface area contributed by atoms with Crippen LogP contribution in [0.2, 0.25) is 5.02 Å². The predicted octanol–water partition coefficient (Wildman–Crippen LogP) is 7.07. The van der Waals surface area contributed by atoms with Gasteiger partial charge >= 0.3 is 0 Å². The Labute approximate surface area is 157 Å². The van der Waals surface area contributed by atoms with Gasteiger partial charge in [-0.3, -0.25) is 4.79 Å². The Morgan fingerprint density at radius 1 is 0.960 bits per heavy atom. The second kappa shape index (κ2) is 7.81. The highest BCUT2D eigenvalue weighted by Crippen LogP contribution is 2.46. The molecule has 126 valence electrons. The minimum atomic E-state index is 0.375. The molecule has 2 aromatic carbocycles. The Kier molecular flexibility index (Phi) is 5.52. The zero-order valence-corrected chi connectivity index (χ0v) is 15.8. The van der Waals surface area contributed by atoms with Crippen molar-refractivity contribution in [2.24, 2.45) is 0 Å². The number of thiophene rings is 1. The van der Waals surface area contributed by atoms with Gasteiger partial charge < -0.3 is 0 Å². The van der Waals surface area contributed by atoms with E-state index >= 15 is 0 Å². The summed E-state index contributed by atoms with van der Waals surface area (Å²) in [5, 5.41) is 0.728. The van der Waals surface area contributed by atoms with Gasteiger partial charge in [-0.1, -0.05) is 67.9 Å². The van der Waals surface area contributed by atoms with Gasteiger partial charge in [-0.15, -0.1) is 11.3 Å². The molecule has 0 aliphatic heterocycles. The molecule has 0 saturated heterocycles. The van der Waals surface area contributed by atoms with Crippen LogP contribution in [0, 0.1) is 0 Å². The summed E-state index contributed by atoms with van der Waals surface area (Å²) >= 11 is 7.85. The zero-order valence-electron chi connectivity index (χ0n) is 14.2. The van der Waals surface area contributed by atoms with E-state index in [4.69, 9.17) is 11.6 Å². The number of aldehydes is 1. The normalized spacial score (nSPS) is 11.4. The summed E-state index contributed by atoms with van der Waals surface area (Å²) in [7, 11) is 0. The minimum absolute atomic E-state index is 0.375. The Bertz CT molecular complexity index is 890. The molecule has 0 unspecified atom stereocenters. The number of benzene rings is 2. The summed E-state index contributed by atoms with van der Waals surface area (Å²) in [5.41, 5.74) is 4.60. The van der Waals surface area contributed by atoms with Crippen LogP contribution in [0.3, 0.4) is 0 Å². The van der Waals surface area contributed by atoms with Crippen molar-refractivity contribution in [3.05, 3.63) is 76.1 Å². The van der Waals surface area contributed by atoms with Crippen molar-refractivity contribution in [3.63, 3.8) is 0 Å². The maximum absolute atomic E-state index is 10.9. The number of carbonyl (C=O) groups is 1. The van der Waals surface area contributed by atoms with Gasteiger partial charge in [0.15, 0.2) is 0 Å². The van der Waals surface area contributed by atoms with E-state index in [1.54, 1.807) is 17.4 Å². The van der Waals surface area contributed by atoms with Crippen molar-refractivity contribution in [3.8, 4) is 21.6 Å². The standard InChI is InChI=1S/C22H19ClOS/c1-15(2)21-19(9-6-14-24)20(16-7-4-3-5-8-16)22(25-21)17-10-12-18(23)13-11-17/h3-15H,1-2H3/b9-6+.